The van der Waals surface area contributed by atoms with Gasteiger partial charge in [-0.2, -0.15) is 0 Å². The molecule has 0 aromatic rings. The fraction of sp³-hybridized carbons (Fsp3) is 1.00. The van der Waals surface area contributed by atoms with Gasteiger partial charge in [-0.25, -0.2) is 0 Å². The molecule has 0 spiro atoms. The third kappa shape index (κ3) is 452. The molecule has 110 valence electrons. The van der Waals surface area contributed by atoms with E-state index in [2.05, 4.69) is 58.9 Å². The molecule has 0 fully saturated rings. The van der Waals surface area contributed by atoms with Crippen molar-refractivity contribution in [2.45, 2.75) is 72.8 Å². The fourth-order valence-corrected chi connectivity index (χ4v) is 0.204. The summed E-state index contributed by atoms with van der Waals surface area (Å²) in [6.07, 6.45) is 0. The Balaban J connectivity index is -0.0000000412. The van der Waals surface area contributed by atoms with Crippen LogP contribution in [0.4, 0.5) is 0 Å². The highest BCUT2D eigenvalue weighted by Crippen LogP contribution is 1.68. The molecule has 6 radical (unpaired) electrons. The Morgan fingerprint density at radius 2 is 0.667 bits per heavy atom. The van der Waals surface area contributed by atoms with E-state index in [1.54, 1.807) is 0 Å². The van der Waals surface area contributed by atoms with Crippen LogP contribution in [-0.2, 0) is 4.74 Å². The van der Waals surface area contributed by atoms with Crippen LogP contribution < -0.4 is 0 Å². The second-order valence-corrected chi connectivity index (χ2v) is 14.3. The molecule has 0 aromatic heterocycles. The molecule has 0 aliphatic carbocycles. The van der Waals surface area contributed by atoms with E-state index in [1.807, 2.05) is 13.8 Å². The Kier molecular flexibility index (Phi) is 54.0. The lowest BCUT2D eigenvalue weighted by Crippen LogP contribution is -1.84. The van der Waals surface area contributed by atoms with E-state index in [-0.39, 0.29) is 43.8 Å². The molecule has 18 heavy (non-hydrogen) atoms. The minimum atomic E-state index is 0. The van der Waals surface area contributed by atoms with Crippen LogP contribution >= 0.6 is 0 Å². The van der Waals surface area contributed by atoms with Gasteiger partial charge in [0.05, 0.1) is 0 Å². The minimum absolute atomic E-state index is 0. The van der Waals surface area contributed by atoms with Crippen LogP contribution in [0.15, 0.2) is 0 Å². The molecule has 0 unspecified atom stereocenters. The van der Waals surface area contributed by atoms with Gasteiger partial charge in [-0.1, -0.05) is 58.9 Å². The molecule has 0 heterocycles. The standard InChI is InChI=1S/C4H10O.3C3H9Si.Al/c1-3-5-4-2;3*1-4(2)3;/h3-4H2,1-2H3;3*1-3H3;. The van der Waals surface area contributed by atoms with Crippen LogP contribution in [0, 0.1) is 0 Å². The van der Waals surface area contributed by atoms with Gasteiger partial charge in [0.25, 0.3) is 0 Å². The molecule has 0 rings (SSSR count). The number of hydrogen-bond donors (Lipinski definition) is 0. The third-order valence-corrected chi connectivity index (χ3v) is 0.408. The Bertz CT molecular complexity index is 77.7. The summed E-state index contributed by atoms with van der Waals surface area (Å²) in [5.41, 5.74) is 0. The predicted octanol–water partition coefficient (Wildman–Crippen LogP) is 4.77. The van der Waals surface area contributed by atoms with E-state index in [9.17, 15) is 0 Å². The monoisotopic (exact) mass is 320 g/mol. The molecule has 0 aliphatic rings. The molecule has 1 nitrogen and oxygen atoms in total. The molecule has 0 bridgehead atoms. The molecule has 0 saturated carbocycles. The average Bonchev–Trinajstić information content (AvgIpc) is 2.01. The Labute approximate surface area is 134 Å². The van der Waals surface area contributed by atoms with E-state index in [1.165, 1.54) is 0 Å². The lowest BCUT2D eigenvalue weighted by atomic mass is 10.8. The third-order valence-electron chi connectivity index (χ3n) is 0.408. The maximum atomic E-state index is 4.83. The summed E-state index contributed by atoms with van der Waals surface area (Å²) >= 11 is 0. The first-order valence-corrected chi connectivity index (χ1v) is 15.5. The first-order valence-electron chi connectivity index (χ1n) is 6.49. The lowest BCUT2D eigenvalue weighted by molar-refractivity contribution is 0.162. The molecule has 0 saturated heterocycles. The quantitative estimate of drug-likeness (QED) is 0.666. The molecule has 0 amide bonds. The summed E-state index contributed by atoms with van der Waals surface area (Å²) in [4.78, 5) is 0. The van der Waals surface area contributed by atoms with Crippen molar-refractivity contribution in [1.82, 2.24) is 0 Å². The summed E-state index contributed by atoms with van der Waals surface area (Å²) in [6, 6.07) is 0. The lowest BCUT2D eigenvalue weighted by Gasteiger charge is -1.86. The van der Waals surface area contributed by atoms with E-state index in [0.717, 1.165) is 13.2 Å². The van der Waals surface area contributed by atoms with Crippen molar-refractivity contribution >= 4 is 43.8 Å². The largest absolute Gasteiger partial charge is 0.382 e. The first-order chi connectivity index (χ1) is 7.61. The zero-order valence-electron chi connectivity index (χ0n) is 14.9. The van der Waals surface area contributed by atoms with Gasteiger partial charge in [-0.3, -0.25) is 0 Å². The molecule has 0 aliphatic heterocycles. The van der Waals surface area contributed by atoms with Gasteiger partial charge in [0.2, 0.25) is 0 Å². The number of ether oxygens (including phenoxy) is 1. The van der Waals surface area contributed by atoms with Crippen molar-refractivity contribution < 1.29 is 4.74 Å². The molecular formula is C13H37AlOSi3. The van der Waals surface area contributed by atoms with Crippen LogP contribution in [0.1, 0.15) is 13.8 Å². The predicted molar refractivity (Wildman–Crippen MR) is 98.0 cm³/mol. The minimum Gasteiger partial charge on any atom is -0.382 e. The molecular weight excluding hydrogens is 283 g/mol. The van der Waals surface area contributed by atoms with Gasteiger partial charge in [0.1, 0.15) is 0 Å². The molecule has 5 heteroatoms. The molecule has 0 N–H and O–H groups in total. The Hall–Kier alpha value is 1.14. The summed E-state index contributed by atoms with van der Waals surface area (Å²) in [6.45, 7) is 26.1. The van der Waals surface area contributed by atoms with Crippen LogP contribution in [0.25, 0.3) is 0 Å². The highest BCUT2D eigenvalue weighted by molar-refractivity contribution is 6.54. The van der Waals surface area contributed by atoms with Gasteiger partial charge in [0.15, 0.2) is 0 Å². The maximum Gasteiger partial charge on any atom is 0.0437 e. The molecule has 0 aromatic carbocycles. The summed E-state index contributed by atoms with van der Waals surface area (Å²) in [7, 11) is 0.361. The fourth-order valence-electron chi connectivity index (χ4n) is 0.204. The van der Waals surface area contributed by atoms with Crippen LogP contribution in [0.5, 0.6) is 0 Å². The van der Waals surface area contributed by atoms with E-state index in [4.69, 9.17) is 4.74 Å². The number of rotatable bonds is 2. The van der Waals surface area contributed by atoms with E-state index < -0.39 is 0 Å². The van der Waals surface area contributed by atoms with Crippen molar-refractivity contribution in [3.05, 3.63) is 0 Å². The van der Waals surface area contributed by atoms with Crippen LogP contribution in [0.2, 0.25) is 58.9 Å². The average molecular weight is 321 g/mol. The van der Waals surface area contributed by atoms with Gasteiger partial charge in [0, 0.05) is 57.0 Å². The summed E-state index contributed by atoms with van der Waals surface area (Å²) in [5, 5.41) is 0. The van der Waals surface area contributed by atoms with Crippen molar-refractivity contribution in [3.63, 3.8) is 0 Å². The van der Waals surface area contributed by atoms with Gasteiger partial charge >= 0.3 is 0 Å². The van der Waals surface area contributed by atoms with Gasteiger partial charge < -0.3 is 4.74 Å². The Morgan fingerprint density at radius 3 is 0.667 bits per heavy atom. The van der Waals surface area contributed by atoms with E-state index >= 15 is 0 Å². The van der Waals surface area contributed by atoms with Gasteiger partial charge in [-0.05, 0) is 13.8 Å². The SMILES string of the molecule is CCOCC.C[Si](C)C.C[Si](C)C.C[Si](C)C.[Al]. The smallest absolute Gasteiger partial charge is 0.0437 e. The Morgan fingerprint density at radius 1 is 0.556 bits per heavy atom. The highest BCUT2D eigenvalue weighted by atomic mass is 28.3. The van der Waals surface area contributed by atoms with Crippen molar-refractivity contribution in [1.29, 1.82) is 0 Å². The van der Waals surface area contributed by atoms with Crippen molar-refractivity contribution in [2.75, 3.05) is 13.2 Å². The zero-order valence-corrected chi connectivity index (χ0v) is 19.1. The first kappa shape index (κ1) is 31.5. The topological polar surface area (TPSA) is 9.23 Å². The van der Waals surface area contributed by atoms with Crippen molar-refractivity contribution in [2.24, 2.45) is 0 Å². The van der Waals surface area contributed by atoms with Gasteiger partial charge in [-0.15, -0.1) is 0 Å². The van der Waals surface area contributed by atoms with Crippen LogP contribution in [0.3, 0.4) is 0 Å². The maximum absolute atomic E-state index is 4.83. The van der Waals surface area contributed by atoms with E-state index in [0.29, 0.717) is 0 Å². The molecule has 0 atom stereocenters. The summed E-state index contributed by atoms with van der Waals surface area (Å²) in [5.74, 6) is 0. The zero-order chi connectivity index (χ0) is 14.9. The summed E-state index contributed by atoms with van der Waals surface area (Å²) < 4.78 is 4.83. The number of hydrogen-bond acceptors (Lipinski definition) is 1. The highest BCUT2D eigenvalue weighted by Gasteiger charge is 1.73. The van der Waals surface area contributed by atoms with Crippen molar-refractivity contribution in [3.8, 4) is 0 Å². The second kappa shape index (κ2) is 30.9. The van der Waals surface area contributed by atoms with Crippen LogP contribution in [-0.4, -0.2) is 57.0 Å². The normalized spacial score (nSPS) is 8.33. The second-order valence-electron chi connectivity index (χ2n) is 5.28.